The number of benzene rings is 1. The van der Waals surface area contributed by atoms with Crippen LogP contribution in [0.3, 0.4) is 0 Å². The van der Waals surface area contributed by atoms with Crippen LogP contribution in [0.1, 0.15) is 37.3 Å². The van der Waals surface area contributed by atoms with Crippen LogP contribution >= 0.6 is 0 Å². The van der Waals surface area contributed by atoms with E-state index in [2.05, 4.69) is 5.32 Å². The molecule has 0 bridgehead atoms. The van der Waals surface area contributed by atoms with Crippen molar-refractivity contribution >= 4 is 11.9 Å². The van der Waals surface area contributed by atoms with Crippen LogP contribution in [0, 0.1) is 5.92 Å². The van der Waals surface area contributed by atoms with Crippen molar-refractivity contribution in [2.45, 2.75) is 38.8 Å². The van der Waals surface area contributed by atoms with Gasteiger partial charge in [0.2, 0.25) is 5.91 Å². The molecule has 0 aliphatic rings. The monoisotopic (exact) mass is 331 g/mol. The molecular weight excluding hydrogens is 311 g/mol. The fourth-order valence-electron chi connectivity index (χ4n) is 2.13. The fraction of sp³-hybridized carbons (Fsp3) is 0.500. The van der Waals surface area contributed by atoms with Crippen molar-refractivity contribution in [3.05, 3.63) is 35.4 Å². The number of carbonyl (C=O) groups is 2. The van der Waals surface area contributed by atoms with Gasteiger partial charge in [-0.15, -0.1) is 0 Å². The molecule has 1 aromatic carbocycles. The van der Waals surface area contributed by atoms with Crippen LogP contribution in [0.2, 0.25) is 0 Å². The number of amides is 1. The topological polar surface area (TPSA) is 66.4 Å². The zero-order chi connectivity index (χ0) is 17.5. The van der Waals surface area contributed by atoms with Gasteiger partial charge in [-0.05, 0) is 37.0 Å². The zero-order valence-corrected chi connectivity index (χ0v) is 12.8. The summed E-state index contributed by atoms with van der Waals surface area (Å²) in [6, 6.07) is 4.77. The molecule has 1 aromatic rings. The van der Waals surface area contributed by atoms with Gasteiger partial charge >= 0.3 is 12.1 Å². The van der Waals surface area contributed by atoms with Gasteiger partial charge in [-0.3, -0.25) is 9.59 Å². The molecule has 0 aliphatic carbocycles. The van der Waals surface area contributed by atoms with E-state index in [1.54, 1.807) is 0 Å². The minimum absolute atomic E-state index is 0.0179. The molecule has 0 radical (unpaired) electrons. The number of nitrogens with one attached hydrogen (secondary N) is 1. The molecular formula is C16H20F3NO3. The van der Waals surface area contributed by atoms with Crippen LogP contribution in [-0.4, -0.2) is 23.5 Å². The number of aliphatic carboxylic acids is 1. The minimum atomic E-state index is -4.37. The molecule has 128 valence electrons. The number of carbonyl (C=O) groups excluding carboxylic acids is 1. The smallest absolute Gasteiger partial charge is 0.416 e. The highest BCUT2D eigenvalue weighted by Crippen LogP contribution is 2.29. The third-order valence-electron chi connectivity index (χ3n) is 3.49. The Bertz CT molecular complexity index is 526. The molecule has 7 heteroatoms. The lowest BCUT2D eigenvalue weighted by Gasteiger charge is -2.15. The summed E-state index contributed by atoms with van der Waals surface area (Å²) in [5.74, 6) is -1.48. The van der Waals surface area contributed by atoms with E-state index < -0.39 is 17.7 Å². The quantitative estimate of drug-likeness (QED) is 0.719. The third-order valence-corrected chi connectivity index (χ3v) is 3.49. The normalized spacial score (nSPS) is 12.7. The van der Waals surface area contributed by atoms with Crippen molar-refractivity contribution in [3.8, 4) is 0 Å². The van der Waals surface area contributed by atoms with Gasteiger partial charge in [0.15, 0.2) is 0 Å². The maximum atomic E-state index is 12.5. The van der Waals surface area contributed by atoms with Gasteiger partial charge in [0.05, 0.1) is 5.56 Å². The summed E-state index contributed by atoms with van der Waals surface area (Å²) in [7, 11) is 0. The Morgan fingerprint density at radius 1 is 1.22 bits per heavy atom. The van der Waals surface area contributed by atoms with Gasteiger partial charge in [0.1, 0.15) is 0 Å². The number of hydrogen-bond donors (Lipinski definition) is 2. The molecule has 1 atom stereocenters. The van der Waals surface area contributed by atoms with Crippen molar-refractivity contribution in [1.82, 2.24) is 5.32 Å². The Balaban J connectivity index is 2.55. The standard InChI is InChI=1S/C16H20F3NO3/c1-2-12(15(23)20-9-3-4-14(21)22)10-11-5-7-13(8-6-11)16(17,18)19/h5-8,12H,2-4,9-10H2,1H3,(H,20,23)(H,21,22). The molecule has 0 saturated carbocycles. The summed E-state index contributed by atoms with van der Waals surface area (Å²) in [6.45, 7) is 2.10. The van der Waals surface area contributed by atoms with Gasteiger partial charge in [-0.25, -0.2) is 0 Å². The molecule has 1 amide bonds. The van der Waals surface area contributed by atoms with Crippen LogP contribution in [0.25, 0.3) is 0 Å². The van der Waals surface area contributed by atoms with E-state index >= 15 is 0 Å². The number of rotatable bonds is 8. The second kappa shape index (κ2) is 8.55. The number of halogens is 3. The van der Waals surface area contributed by atoms with Crippen molar-refractivity contribution < 1.29 is 27.9 Å². The summed E-state index contributed by atoms with van der Waals surface area (Å²) in [5.41, 5.74) is -0.0574. The third kappa shape index (κ3) is 6.71. The van der Waals surface area contributed by atoms with Crippen LogP contribution in [0.4, 0.5) is 13.2 Å². The second-order valence-corrected chi connectivity index (χ2v) is 5.29. The zero-order valence-electron chi connectivity index (χ0n) is 12.8. The Morgan fingerprint density at radius 3 is 2.30 bits per heavy atom. The average Bonchev–Trinajstić information content (AvgIpc) is 2.48. The second-order valence-electron chi connectivity index (χ2n) is 5.29. The predicted molar refractivity (Wildman–Crippen MR) is 78.8 cm³/mol. The molecule has 1 unspecified atom stereocenters. The molecule has 0 heterocycles. The van der Waals surface area contributed by atoms with Gasteiger partial charge in [-0.1, -0.05) is 19.1 Å². The van der Waals surface area contributed by atoms with Crippen molar-refractivity contribution in [1.29, 1.82) is 0 Å². The van der Waals surface area contributed by atoms with E-state index in [0.717, 1.165) is 12.1 Å². The average molecular weight is 331 g/mol. The van der Waals surface area contributed by atoms with E-state index in [1.807, 2.05) is 6.92 Å². The molecule has 0 fully saturated rings. The lowest BCUT2D eigenvalue weighted by Crippen LogP contribution is -2.32. The molecule has 0 saturated heterocycles. The van der Waals surface area contributed by atoms with Crippen molar-refractivity contribution in [2.75, 3.05) is 6.54 Å². The Labute approximate surface area is 132 Å². The first-order valence-electron chi connectivity index (χ1n) is 7.39. The van der Waals surface area contributed by atoms with Crippen LogP contribution < -0.4 is 5.32 Å². The number of carboxylic acid groups (broad SMARTS) is 1. The van der Waals surface area contributed by atoms with E-state index in [1.165, 1.54) is 12.1 Å². The summed E-state index contributed by atoms with van der Waals surface area (Å²) >= 11 is 0. The van der Waals surface area contributed by atoms with E-state index in [-0.39, 0.29) is 24.8 Å². The SMILES string of the molecule is CCC(Cc1ccc(C(F)(F)F)cc1)C(=O)NCCCC(=O)O. The first-order valence-corrected chi connectivity index (χ1v) is 7.39. The maximum Gasteiger partial charge on any atom is 0.416 e. The summed E-state index contributed by atoms with van der Waals surface area (Å²) in [5, 5.41) is 11.2. The van der Waals surface area contributed by atoms with E-state index in [4.69, 9.17) is 5.11 Å². The predicted octanol–water partition coefficient (Wildman–Crippen LogP) is 3.26. The highest BCUT2D eigenvalue weighted by Gasteiger charge is 2.30. The summed E-state index contributed by atoms with van der Waals surface area (Å²) < 4.78 is 37.5. The minimum Gasteiger partial charge on any atom is -0.481 e. The molecule has 4 nitrogen and oxygen atoms in total. The van der Waals surface area contributed by atoms with E-state index in [0.29, 0.717) is 24.8 Å². The highest BCUT2D eigenvalue weighted by molar-refractivity contribution is 5.79. The van der Waals surface area contributed by atoms with Crippen LogP contribution in [0.15, 0.2) is 24.3 Å². The van der Waals surface area contributed by atoms with E-state index in [9.17, 15) is 22.8 Å². The summed E-state index contributed by atoms with van der Waals surface area (Å²) in [4.78, 5) is 22.4. The first kappa shape index (κ1) is 19.0. The lowest BCUT2D eigenvalue weighted by atomic mass is 9.95. The Hall–Kier alpha value is -2.05. The number of carboxylic acids is 1. The highest BCUT2D eigenvalue weighted by atomic mass is 19.4. The van der Waals surface area contributed by atoms with Gasteiger partial charge in [0.25, 0.3) is 0 Å². The largest absolute Gasteiger partial charge is 0.481 e. The number of hydrogen-bond acceptors (Lipinski definition) is 2. The molecule has 23 heavy (non-hydrogen) atoms. The van der Waals surface area contributed by atoms with Gasteiger partial charge < -0.3 is 10.4 Å². The van der Waals surface area contributed by atoms with Crippen molar-refractivity contribution in [3.63, 3.8) is 0 Å². The molecule has 1 rings (SSSR count). The summed E-state index contributed by atoms with van der Waals surface area (Å²) in [6.07, 6.45) is -3.15. The van der Waals surface area contributed by atoms with Gasteiger partial charge in [-0.2, -0.15) is 13.2 Å². The molecule has 0 spiro atoms. The van der Waals surface area contributed by atoms with Crippen LogP contribution in [-0.2, 0) is 22.2 Å². The Morgan fingerprint density at radius 2 is 1.83 bits per heavy atom. The Kier molecular flexibility index (Phi) is 7.06. The van der Waals surface area contributed by atoms with Crippen molar-refractivity contribution in [2.24, 2.45) is 5.92 Å². The first-order chi connectivity index (χ1) is 10.7. The van der Waals surface area contributed by atoms with Gasteiger partial charge in [0, 0.05) is 18.9 Å². The number of alkyl halides is 3. The molecule has 0 aromatic heterocycles. The molecule has 0 aliphatic heterocycles. The fourth-order valence-corrected chi connectivity index (χ4v) is 2.13. The lowest BCUT2D eigenvalue weighted by molar-refractivity contribution is -0.138. The van der Waals surface area contributed by atoms with Crippen LogP contribution in [0.5, 0.6) is 0 Å². The maximum absolute atomic E-state index is 12.5. The molecule has 2 N–H and O–H groups in total.